The summed E-state index contributed by atoms with van der Waals surface area (Å²) >= 11 is 5.74. The first-order valence-corrected chi connectivity index (χ1v) is 18.5. The number of carboxylic acid groups (broad SMARTS) is 1. The summed E-state index contributed by atoms with van der Waals surface area (Å²) in [5.74, 6) is -2.23. The molecule has 3 amide bonds. The van der Waals surface area contributed by atoms with Crippen molar-refractivity contribution < 1.29 is 33.8 Å². The van der Waals surface area contributed by atoms with Crippen molar-refractivity contribution in [1.82, 2.24) is 25.8 Å². The third kappa shape index (κ3) is 11.7. The third-order valence-electron chi connectivity index (χ3n) is 10.6. The number of carboxylic acids is 1. The van der Waals surface area contributed by atoms with Gasteiger partial charge in [-0.15, -0.1) is 0 Å². The Morgan fingerprint density at radius 1 is 1.06 bits per heavy atom. The van der Waals surface area contributed by atoms with Crippen LogP contribution >= 0.6 is 12.2 Å². The van der Waals surface area contributed by atoms with Gasteiger partial charge in [-0.25, -0.2) is 4.79 Å². The van der Waals surface area contributed by atoms with Gasteiger partial charge in [0.05, 0.1) is 41.2 Å². The number of likely N-dealkylation sites (tertiary alicyclic amines) is 1. The van der Waals surface area contributed by atoms with Crippen molar-refractivity contribution >= 4 is 40.9 Å². The number of ether oxygens (including phenoxy) is 2. The normalized spacial score (nSPS) is 19.0. The molecule has 8 atom stereocenters. The van der Waals surface area contributed by atoms with Gasteiger partial charge in [-0.1, -0.05) is 83.6 Å². The standard InChI is InChI=1S/C38H63N5O7S/c1-12-24(4)32(42(9)35(45)31(23(2)3)41-37(48)38(6,7)39-8)29(49-10)22-30(44)43-20-16-19-28(43)33(50-11)25(5)34(51)40-27(36(46)47)21-26-17-14-13-15-18-26/h13-15,17-18,23-25,27-29,31-33,39H,12,16,19-22H2,1-11H3,(H,40,51)(H,41,48)(H,46,47)/t24-,25+,27?,28-,29?,31-,32-,33+/m0/s1. The molecule has 0 aliphatic carbocycles. The molecule has 1 aliphatic heterocycles. The predicted octanol–water partition coefficient (Wildman–Crippen LogP) is 3.66. The van der Waals surface area contributed by atoms with Crippen LogP contribution in [-0.4, -0.2) is 120 Å². The number of nitrogens with zero attached hydrogens (tertiary/aromatic N) is 2. The van der Waals surface area contributed by atoms with Gasteiger partial charge in [-0.05, 0) is 51.1 Å². The van der Waals surface area contributed by atoms with Gasteiger partial charge in [0.15, 0.2) is 0 Å². The third-order valence-corrected chi connectivity index (χ3v) is 11.1. The van der Waals surface area contributed by atoms with Crippen LogP contribution in [-0.2, 0) is 35.1 Å². The molecule has 0 aromatic heterocycles. The molecule has 0 spiro atoms. The number of carbonyl (C=O) groups is 4. The Balaban J connectivity index is 2.26. The first-order valence-electron chi connectivity index (χ1n) is 18.1. The van der Waals surface area contributed by atoms with E-state index in [4.69, 9.17) is 21.7 Å². The largest absolute Gasteiger partial charge is 0.480 e. The van der Waals surface area contributed by atoms with E-state index in [2.05, 4.69) is 16.0 Å². The number of carbonyl (C=O) groups excluding carboxylic acids is 3. The van der Waals surface area contributed by atoms with Crippen molar-refractivity contribution in [2.45, 2.75) is 122 Å². The van der Waals surface area contributed by atoms with Crippen LogP contribution in [0.1, 0.15) is 79.7 Å². The zero-order valence-corrected chi connectivity index (χ0v) is 33.3. The lowest BCUT2D eigenvalue weighted by molar-refractivity contribution is -0.147. The summed E-state index contributed by atoms with van der Waals surface area (Å²) in [6.45, 7) is 13.8. The minimum Gasteiger partial charge on any atom is -0.480 e. The first-order chi connectivity index (χ1) is 23.9. The predicted molar refractivity (Wildman–Crippen MR) is 203 cm³/mol. The summed E-state index contributed by atoms with van der Waals surface area (Å²) in [5, 5.41) is 18.9. The van der Waals surface area contributed by atoms with Crippen molar-refractivity contribution in [3.8, 4) is 0 Å². The number of benzene rings is 1. The maximum atomic E-state index is 14.1. The molecule has 13 heteroatoms. The number of nitrogens with one attached hydrogen (secondary N) is 3. The fourth-order valence-corrected chi connectivity index (χ4v) is 7.10. The molecular formula is C38H63N5O7S. The zero-order chi connectivity index (χ0) is 38.6. The Kier molecular flexibility index (Phi) is 17.4. The van der Waals surface area contributed by atoms with Crippen LogP contribution in [0.4, 0.5) is 0 Å². The first kappa shape index (κ1) is 44.0. The molecule has 0 radical (unpaired) electrons. The second-order valence-corrected chi connectivity index (χ2v) is 15.2. The number of thiocarbonyl (C=S) groups is 1. The Bertz CT molecular complexity index is 1310. The van der Waals surface area contributed by atoms with Gasteiger partial charge in [0.1, 0.15) is 12.1 Å². The topological polar surface area (TPSA) is 150 Å². The Hall–Kier alpha value is -3.13. The molecule has 2 rings (SSSR count). The van der Waals surface area contributed by atoms with E-state index in [-0.39, 0.29) is 54.4 Å². The summed E-state index contributed by atoms with van der Waals surface area (Å²) in [6.07, 6.45) is 1.43. The number of likely N-dealkylation sites (N-methyl/N-ethyl adjacent to an activating group) is 2. The molecule has 1 fully saturated rings. The summed E-state index contributed by atoms with van der Waals surface area (Å²) in [7, 11) is 6.56. The number of amides is 3. The molecule has 1 aromatic rings. The Labute approximate surface area is 310 Å². The van der Waals surface area contributed by atoms with Crippen molar-refractivity contribution in [2.75, 3.05) is 34.9 Å². The van der Waals surface area contributed by atoms with Crippen molar-refractivity contribution in [3.63, 3.8) is 0 Å². The lowest BCUT2D eigenvalue weighted by Gasteiger charge is -2.41. The monoisotopic (exact) mass is 733 g/mol. The Morgan fingerprint density at radius 3 is 2.20 bits per heavy atom. The summed E-state index contributed by atoms with van der Waals surface area (Å²) in [6, 6.07) is 6.95. The fraction of sp³-hybridized carbons (Fsp3) is 0.711. The molecule has 288 valence electrons. The number of methoxy groups -OCH3 is 2. The summed E-state index contributed by atoms with van der Waals surface area (Å²) in [5.41, 5.74) is 0.00883. The molecule has 4 N–H and O–H groups in total. The number of aliphatic carboxylic acids is 1. The van der Waals surface area contributed by atoms with E-state index < -0.39 is 41.8 Å². The molecular weight excluding hydrogens is 671 g/mol. The number of hydrogen-bond donors (Lipinski definition) is 4. The maximum absolute atomic E-state index is 14.1. The van der Waals surface area contributed by atoms with Crippen LogP contribution in [0.5, 0.6) is 0 Å². The van der Waals surface area contributed by atoms with E-state index in [1.54, 1.807) is 47.1 Å². The molecule has 1 aliphatic rings. The minimum absolute atomic E-state index is 0.0170. The van der Waals surface area contributed by atoms with Crippen LogP contribution in [0.2, 0.25) is 0 Å². The van der Waals surface area contributed by atoms with E-state index in [0.717, 1.165) is 18.4 Å². The van der Waals surface area contributed by atoms with Gasteiger partial charge in [0, 0.05) is 40.2 Å². The van der Waals surface area contributed by atoms with Gasteiger partial charge >= 0.3 is 5.97 Å². The van der Waals surface area contributed by atoms with Crippen molar-refractivity contribution in [1.29, 1.82) is 0 Å². The molecule has 1 heterocycles. The highest BCUT2D eigenvalue weighted by Crippen LogP contribution is 2.30. The molecule has 1 aromatic carbocycles. The number of rotatable bonds is 20. The zero-order valence-electron chi connectivity index (χ0n) is 32.5. The van der Waals surface area contributed by atoms with Crippen molar-refractivity contribution in [2.24, 2.45) is 17.8 Å². The van der Waals surface area contributed by atoms with Crippen LogP contribution in [0.15, 0.2) is 30.3 Å². The SMILES string of the molecule is CC[C@H](C)[C@@H](C(CC(=O)N1CCC[C@H]1[C@H](OC)[C@@H](C)C(=S)NC(Cc1ccccc1)C(=O)O)OC)N(C)C(=O)[C@@H](NC(=O)C(C)(C)NC)C(C)C. The molecule has 0 bridgehead atoms. The molecule has 2 unspecified atom stereocenters. The highest BCUT2D eigenvalue weighted by atomic mass is 32.1. The quantitative estimate of drug-likeness (QED) is 0.146. The van der Waals surface area contributed by atoms with E-state index >= 15 is 0 Å². The van der Waals surface area contributed by atoms with Gasteiger partial charge < -0.3 is 40.3 Å². The van der Waals surface area contributed by atoms with E-state index in [1.165, 1.54) is 0 Å². The van der Waals surface area contributed by atoms with Gasteiger partial charge in [-0.2, -0.15) is 0 Å². The average molecular weight is 734 g/mol. The van der Waals surface area contributed by atoms with Crippen molar-refractivity contribution in [3.05, 3.63) is 35.9 Å². The van der Waals surface area contributed by atoms with E-state index in [1.807, 2.05) is 69.9 Å². The fourth-order valence-electron chi connectivity index (χ4n) is 6.83. The van der Waals surface area contributed by atoms with Crippen LogP contribution in [0, 0.1) is 17.8 Å². The highest BCUT2D eigenvalue weighted by molar-refractivity contribution is 7.80. The highest BCUT2D eigenvalue weighted by Gasteiger charge is 2.43. The summed E-state index contributed by atoms with van der Waals surface area (Å²) in [4.78, 5) is 57.3. The lowest BCUT2D eigenvalue weighted by atomic mass is 9.89. The molecule has 1 saturated heterocycles. The lowest BCUT2D eigenvalue weighted by Crippen LogP contribution is -2.61. The second-order valence-electron chi connectivity index (χ2n) is 14.7. The van der Waals surface area contributed by atoms with Crippen LogP contribution in [0.25, 0.3) is 0 Å². The summed E-state index contributed by atoms with van der Waals surface area (Å²) < 4.78 is 12.0. The van der Waals surface area contributed by atoms with Gasteiger partial charge in [0.25, 0.3) is 0 Å². The Morgan fingerprint density at radius 2 is 1.69 bits per heavy atom. The van der Waals surface area contributed by atoms with Crippen LogP contribution in [0.3, 0.4) is 0 Å². The van der Waals surface area contributed by atoms with E-state index in [9.17, 15) is 24.3 Å². The number of hydrogen-bond acceptors (Lipinski definition) is 8. The molecule has 0 saturated carbocycles. The molecule has 51 heavy (non-hydrogen) atoms. The molecule has 12 nitrogen and oxygen atoms in total. The minimum atomic E-state index is -1.01. The van der Waals surface area contributed by atoms with E-state index in [0.29, 0.717) is 18.0 Å². The van der Waals surface area contributed by atoms with Gasteiger partial charge in [0.2, 0.25) is 17.7 Å². The van der Waals surface area contributed by atoms with Gasteiger partial charge in [-0.3, -0.25) is 14.4 Å². The smallest absolute Gasteiger partial charge is 0.326 e. The maximum Gasteiger partial charge on any atom is 0.326 e. The van der Waals surface area contributed by atoms with Crippen LogP contribution < -0.4 is 16.0 Å². The second kappa shape index (κ2) is 20.2. The average Bonchev–Trinajstić information content (AvgIpc) is 3.59.